The lowest BCUT2D eigenvalue weighted by molar-refractivity contribution is 0.432. The molecule has 0 atom stereocenters. The number of benzene rings is 3. The summed E-state index contributed by atoms with van der Waals surface area (Å²) < 4.78 is 32.7. The Morgan fingerprint density at radius 1 is 0.857 bits per heavy atom. The van der Waals surface area contributed by atoms with Crippen molar-refractivity contribution in [3.63, 3.8) is 0 Å². The normalized spacial score (nSPS) is 11.3. The van der Waals surface area contributed by atoms with Gasteiger partial charge in [-0.05, 0) is 55.0 Å². The van der Waals surface area contributed by atoms with Crippen LogP contribution in [-0.4, -0.2) is 18.6 Å². The van der Waals surface area contributed by atoms with Gasteiger partial charge in [0.2, 0.25) is 5.82 Å². The molecule has 0 saturated heterocycles. The second-order valence-corrected chi connectivity index (χ2v) is 7.92. The molecule has 1 heterocycles. The maximum absolute atomic E-state index is 12.4. The average Bonchev–Trinajstić information content (AvgIpc) is 3.19. The highest BCUT2D eigenvalue weighted by molar-refractivity contribution is 7.92. The topological polar surface area (TPSA) is 85.1 Å². The van der Waals surface area contributed by atoms with E-state index in [1.54, 1.807) is 54.6 Å². The predicted molar refractivity (Wildman–Crippen MR) is 107 cm³/mol. The van der Waals surface area contributed by atoms with E-state index in [9.17, 15) is 8.42 Å². The number of hydrogen-bond donors (Lipinski definition) is 1. The van der Waals surface area contributed by atoms with Gasteiger partial charge in [-0.2, -0.15) is 4.98 Å². The minimum atomic E-state index is -3.63. The Bertz CT molecular complexity index is 1200. The molecule has 0 unspecified atom stereocenters. The molecule has 0 bridgehead atoms. The Morgan fingerprint density at radius 3 is 2.25 bits per heavy atom. The van der Waals surface area contributed by atoms with Crippen LogP contribution < -0.4 is 4.72 Å². The molecule has 0 aliphatic heterocycles. The van der Waals surface area contributed by atoms with E-state index in [4.69, 9.17) is 4.52 Å². The van der Waals surface area contributed by atoms with Gasteiger partial charge in [0.25, 0.3) is 15.9 Å². The summed E-state index contributed by atoms with van der Waals surface area (Å²) in [5.74, 6) is 0.887. The number of sulfonamides is 1. The first-order chi connectivity index (χ1) is 13.5. The highest BCUT2D eigenvalue weighted by atomic mass is 32.2. The van der Waals surface area contributed by atoms with Gasteiger partial charge in [0.05, 0.1) is 4.90 Å². The summed E-state index contributed by atoms with van der Waals surface area (Å²) in [5.41, 5.74) is 3.11. The van der Waals surface area contributed by atoms with Crippen LogP contribution in [0.25, 0.3) is 22.8 Å². The third-order valence-electron chi connectivity index (χ3n) is 4.25. The molecular weight excluding hydrogens is 374 g/mol. The lowest BCUT2D eigenvalue weighted by atomic mass is 10.1. The summed E-state index contributed by atoms with van der Waals surface area (Å²) in [5, 5.41) is 4.03. The Balaban J connectivity index is 1.55. The fourth-order valence-corrected chi connectivity index (χ4v) is 3.84. The number of aryl methyl sites for hydroxylation is 1. The van der Waals surface area contributed by atoms with E-state index in [-0.39, 0.29) is 4.90 Å². The maximum Gasteiger partial charge on any atom is 0.261 e. The molecule has 0 fully saturated rings. The number of rotatable bonds is 5. The van der Waals surface area contributed by atoms with Crippen molar-refractivity contribution in [2.45, 2.75) is 11.8 Å². The molecule has 4 aromatic rings. The molecule has 0 aliphatic carbocycles. The molecule has 0 spiro atoms. The maximum atomic E-state index is 12.4. The first-order valence-electron chi connectivity index (χ1n) is 8.61. The summed E-state index contributed by atoms with van der Waals surface area (Å²) in [6.07, 6.45) is 0. The van der Waals surface area contributed by atoms with Crippen LogP contribution in [0.2, 0.25) is 0 Å². The Kier molecular flexibility index (Phi) is 4.67. The van der Waals surface area contributed by atoms with Crippen molar-refractivity contribution in [3.8, 4) is 22.8 Å². The molecule has 4 rings (SSSR count). The van der Waals surface area contributed by atoms with Crippen molar-refractivity contribution >= 4 is 15.7 Å². The van der Waals surface area contributed by atoms with Crippen LogP contribution in [0.4, 0.5) is 5.69 Å². The number of aromatic nitrogens is 2. The fourth-order valence-electron chi connectivity index (χ4n) is 2.76. The van der Waals surface area contributed by atoms with E-state index in [0.717, 1.165) is 16.7 Å². The summed E-state index contributed by atoms with van der Waals surface area (Å²) in [7, 11) is -3.63. The molecule has 0 saturated carbocycles. The first kappa shape index (κ1) is 17.9. The predicted octanol–water partition coefficient (Wildman–Crippen LogP) is 4.51. The third kappa shape index (κ3) is 3.65. The summed E-state index contributed by atoms with van der Waals surface area (Å²) in [4.78, 5) is 4.66. The van der Waals surface area contributed by atoms with Crippen molar-refractivity contribution in [3.05, 3.63) is 84.4 Å². The standard InChI is InChI=1S/C21H17N3O3S/c1-15-7-5-6-10-19(15)21-22-20(23-27-21)16-11-13-17(14-12-16)24-28(25,26)18-8-3-2-4-9-18/h2-14,24H,1H3. The molecule has 0 radical (unpaired) electrons. The molecular formula is C21H17N3O3S. The van der Waals surface area contributed by atoms with Gasteiger partial charge < -0.3 is 4.52 Å². The number of hydrogen-bond acceptors (Lipinski definition) is 5. The van der Waals surface area contributed by atoms with Crippen LogP contribution in [0.15, 0.2) is 88.3 Å². The largest absolute Gasteiger partial charge is 0.334 e. The zero-order valence-corrected chi connectivity index (χ0v) is 15.8. The van der Waals surface area contributed by atoms with Crippen molar-refractivity contribution in [2.75, 3.05) is 4.72 Å². The number of anilines is 1. The van der Waals surface area contributed by atoms with Crippen LogP contribution >= 0.6 is 0 Å². The fraction of sp³-hybridized carbons (Fsp3) is 0.0476. The number of nitrogens with one attached hydrogen (secondary N) is 1. The molecule has 0 amide bonds. The molecule has 3 aromatic carbocycles. The van der Waals surface area contributed by atoms with Gasteiger partial charge in [-0.3, -0.25) is 4.72 Å². The smallest absolute Gasteiger partial charge is 0.261 e. The van der Waals surface area contributed by atoms with Gasteiger partial charge in [-0.15, -0.1) is 0 Å². The van der Waals surface area contributed by atoms with Crippen LogP contribution in [0.1, 0.15) is 5.56 Å². The van der Waals surface area contributed by atoms with Gasteiger partial charge in [-0.1, -0.05) is 41.6 Å². The SMILES string of the molecule is Cc1ccccc1-c1nc(-c2ccc(NS(=O)(=O)c3ccccc3)cc2)no1. The lowest BCUT2D eigenvalue weighted by Gasteiger charge is -2.08. The highest BCUT2D eigenvalue weighted by Gasteiger charge is 2.15. The summed E-state index contributed by atoms with van der Waals surface area (Å²) >= 11 is 0. The average molecular weight is 391 g/mol. The summed E-state index contributed by atoms with van der Waals surface area (Å²) in [6, 6.07) is 22.8. The molecule has 0 aliphatic rings. The van der Waals surface area contributed by atoms with Crippen LogP contribution in [0.5, 0.6) is 0 Å². The third-order valence-corrected chi connectivity index (χ3v) is 5.65. The van der Waals surface area contributed by atoms with Gasteiger partial charge in [-0.25, -0.2) is 8.42 Å². The van der Waals surface area contributed by atoms with Gasteiger partial charge in [0.15, 0.2) is 0 Å². The Morgan fingerprint density at radius 2 is 1.54 bits per heavy atom. The van der Waals surface area contributed by atoms with Gasteiger partial charge in [0, 0.05) is 16.8 Å². The van der Waals surface area contributed by atoms with E-state index < -0.39 is 10.0 Å². The van der Waals surface area contributed by atoms with Crippen molar-refractivity contribution in [1.82, 2.24) is 10.1 Å². The quantitative estimate of drug-likeness (QED) is 0.541. The van der Waals surface area contributed by atoms with Gasteiger partial charge >= 0.3 is 0 Å². The minimum Gasteiger partial charge on any atom is -0.334 e. The molecule has 1 N–H and O–H groups in total. The monoisotopic (exact) mass is 391 g/mol. The number of nitrogens with zero attached hydrogens (tertiary/aromatic N) is 2. The zero-order chi connectivity index (χ0) is 19.6. The van der Waals surface area contributed by atoms with E-state index in [2.05, 4.69) is 14.9 Å². The summed E-state index contributed by atoms with van der Waals surface area (Å²) in [6.45, 7) is 1.98. The van der Waals surface area contributed by atoms with Crippen molar-refractivity contribution in [2.24, 2.45) is 0 Å². The Labute approximate surface area is 162 Å². The lowest BCUT2D eigenvalue weighted by Crippen LogP contribution is -2.12. The molecule has 28 heavy (non-hydrogen) atoms. The highest BCUT2D eigenvalue weighted by Crippen LogP contribution is 2.26. The van der Waals surface area contributed by atoms with Crippen molar-refractivity contribution < 1.29 is 12.9 Å². The zero-order valence-electron chi connectivity index (χ0n) is 15.0. The minimum absolute atomic E-state index is 0.208. The Hall–Kier alpha value is -3.45. The molecule has 1 aromatic heterocycles. The van der Waals surface area contributed by atoms with E-state index in [0.29, 0.717) is 17.4 Å². The van der Waals surface area contributed by atoms with Crippen LogP contribution in [0, 0.1) is 6.92 Å². The molecule has 7 heteroatoms. The van der Waals surface area contributed by atoms with E-state index >= 15 is 0 Å². The van der Waals surface area contributed by atoms with Gasteiger partial charge in [0.1, 0.15) is 0 Å². The molecule has 6 nitrogen and oxygen atoms in total. The van der Waals surface area contributed by atoms with E-state index in [1.807, 2.05) is 31.2 Å². The second kappa shape index (κ2) is 7.28. The van der Waals surface area contributed by atoms with Crippen LogP contribution in [-0.2, 0) is 10.0 Å². The second-order valence-electron chi connectivity index (χ2n) is 6.23. The van der Waals surface area contributed by atoms with E-state index in [1.165, 1.54) is 0 Å². The molecule has 140 valence electrons. The van der Waals surface area contributed by atoms with Crippen LogP contribution in [0.3, 0.4) is 0 Å². The van der Waals surface area contributed by atoms with Crippen molar-refractivity contribution in [1.29, 1.82) is 0 Å². The first-order valence-corrected chi connectivity index (χ1v) is 10.1.